The first-order valence-electron chi connectivity index (χ1n) is 10.8. The Kier molecular flexibility index (Phi) is 9.94. The highest BCUT2D eigenvalue weighted by atomic mass is 16.5. The minimum Gasteiger partial charge on any atom is -0.455 e. The number of hydrogen-bond donors (Lipinski definition) is 3. The van der Waals surface area contributed by atoms with Gasteiger partial charge in [0.15, 0.2) is 5.75 Å². The van der Waals surface area contributed by atoms with Gasteiger partial charge in [0.1, 0.15) is 30.6 Å². The smallest absolute Gasteiger partial charge is 0.201 e. The third kappa shape index (κ3) is 6.06. The standard InChI is InChI=1S/C23H22N4O3.C2H6.CH2O/c1-27-19-8-5-9-20(21(19)26-23(27)24)30-18-11-10-16(14-28)17(12-18)13-25-22(29)15-6-3-2-4-7-15;2*1-2/h2-12,14,22,25,29H,13H2,1H3,(H2,24,26);1-2H3;1H2/t22-;;/m0../s1. The number of carbonyl (C=O) groups is 2. The Balaban J connectivity index is 0.000000970. The molecule has 0 aliphatic heterocycles. The molecule has 0 unspecified atom stereocenters. The van der Waals surface area contributed by atoms with Gasteiger partial charge < -0.3 is 24.9 Å². The lowest BCUT2D eigenvalue weighted by molar-refractivity contribution is -0.0980. The maximum Gasteiger partial charge on any atom is 0.201 e. The fourth-order valence-corrected chi connectivity index (χ4v) is 3.29. The van der Waals surface area contributed by atoms with Crippen LogP contribution in [0.25, 0.3) is 11.0 Å². The second kappa shape index (κ2) is 12.9. The van der Waals surface area contributed by atoms with Crippen LogP contribution < -0.4 is 15.8 Å². The SMILES string of the molecule is C=O.CC.Cn1c(N)nc2c(Oc3ccc(C=O)c(CN[C@@H](O)c4ccccc4)c3)cccc21. The second-order valence-corrected chi connectivity index (χ2v) is 6.93. The van der Waals surface area contributed by atoms with Crippen LogP contribution in [-0.2, 0) is 18.4 Å². The van der Waals surface area contributed by atoms with Crippen LogP contribution in [0.2, 0.25) is 0 Å². The summed E-state index contributed by atoms with van der Waals surface area (Å²) in [5.41, 5.74) is 9.43. The van der Waals surface area contributed by atoms with Gasteiger partial charge in [-0.25, -0.2) is 4.98 Å². The average molecular weight is 463 g/mol. The lowest BCUT2D eigenvalue weighted by Gasteiger charge is -2.15. The van der Waals surface area contributed by atoms with Crippen LogP contribution in [0.1, 0.15) is 41.6 Å². The summed E-state index contributed by atoms with van der Waals surface area (Å²) in [6.45, 7) is 6.29. The van der Waals surface area contributed by atoms with Crippen molar-refractivity contribution in [3.63, 3.8) is 0 Å². The molecule has 0 fully saturated rings. The molecule has 4 rings (SSSR count). The van der Waals surface area contributed by atoms with Crippen molar-refractivity contribution in [3.8, 4) is 11.5 Å². The molecular weight excluding hydrogens is 432 g/mol. The summed E-state index contributed by atoms with van der Waals surface area (Å²) in [4.78, 5) is 23.8. The minimum atomic E-state index is -0.847. The Morgan fingerprint density at radius 3 is 2.50 bits per heavy atom. The van der Waals surface area contributed by atoms with Gasteiger partial charge in [-0.2, -0.15) is 0 Å². The molecule has 8 nitrogen and oxygen atoms in total. The minimum absolute atomic E-state index is 0.294. The molecule has 4 aromatic rings. The Morgan fingerprint density at radius 2 is 1.82 bits per heavy atom. The maximum absolute atomic E-state index is 11.5. The summed E-state index contributed by atoms with van der Waals surface area (Å²) in [5.74, 6) is 1.53. The molecule has 8 heteroatoms. The zero-order valence-corrected chi connectivity index (χ0v) is 19.6. The number of anilines is 1. The maximum atomic E-state index is 11.5. The number of hydrogen-bond acceptors (Lipinski definition) is 7. The molecule has 0 saturated heterocycles. The van der Waals surface area contributed by atoms with Crippen LogP contribution in [0, 0.1) is 0 Å². The van der Waals surface area contributed by atoms with Gasteiger partial charge in [0, 0.05) is 19.2 Å². The molecule has 0 aliphatic rings. The van der Waals surface area contributed by atoms with E-state index >= 15 is 0 Å². The molecular formula is C26H30N4O4. The van der Waals surface area contributed by atoms with Crippen molar-refractivity contribution in [2.75, 3.05) is 5.73 Å². The van der Waals surface area contributed by atoms with E-state index in [1.807, 2.05) is 76.2 Å². The highest BCUT2D eigenvalue weighted by Crippen LogP contribution is 2.31. The normalized spacial score (nSPS) is 10.9. The first-order chi connectivity index (χ1) is 16.6. The number of nitrogens with zero attached hydrogens (tertiary/aromatic N) is 2. The van der Waals surface area contributed by atoms with Crippen molar-refractivity contribution < 1.29 is 19.4 Å². The predicted octanol–water partition coefficient (Wildman–Crippen LogP) is 4.38. The van der Waals surface area contributed by atoms with Gasteiger partial charge in [0.05, 0.1) is 5.52 Å². The second-order valence-electron chi connectivity index (χ2n) is 6.93. The number of nitrogens with two attached hydrogens (primary N) is 1. The topological polar surface area (TPSA) is 119 Å². The molecule has 0 aliphatic carbocycles. The number of benzene rings is 3. The zero-order valence-electron chi connectivity index (χ0n) is 19.6. The zero-order chi connectivity index (χ0) is 25.1. The quantitative estimate of drug-likeness (QED) is 0.275. The van der Waals surface area contributed by atoms with Gasteiger partial charge in [-0.15, -0.1) is 0 Å². The number of aromatic nitrogens is 2. The molecule has 0 bridgehead atoms. The highest BCUT2D eigenvalue weighted by molar-refractivity contribution is 5.84. The van der Waals surface area contributed by atoms with Crippen LogP contribution in [0.5, 0.6) is 11.5 Å². The van der Waals surface area contributed by atoms with E-state index in [0.29, 0.717) is 40.6 Å². The number of fused-ring (bicyclic) bond motifs is 1. The number of rotatable bonds is 7. The van der Waals surface area contributed by atoms with E-state index in [2.05, 4.69) is 10.3 Å². The summed E-state index contributed by atoms with van der Waals surface area (Å²) in [5, 5.41) is 13.4. The fraction of sp³-hybridized carbons (Fsp3) is 0.192. The van der Waals surface area contributed by atoms with Crippen molar-refractivity contribution in [1.29, 1.82) is 0 Å². The molecule has 1 aromatic heterocycles. The number of aryl methyl sites for hydroxylation is 1. The Bertz CT molecular complexity index is 1210. The van der Waals surface area contributed by atoms with E-state index in [1.165, 1.54) is 0 Å². The van der Waals surface area contributed by atoms with Gasteiger partial charge in [0.2, 0.25) is 5.95 Å². The number of nitrogens with one attached hydrogen (secondary N) is 1. The Morgan fingerprint density at radius 1 is 1.12 bits per heavy atom. The third-order valence-electron chi connectivity index (χ3n) is 4.98. The van der Waals surface area contributed by atoms with Gasteiger partial charge in [-0.3, -0.25) is 10.1 Å². The predicted molar refractivity (Wildman–Crippen MR) is 134 cm³/mol. The number of nitrogen functional groups attached to an aromatic ring is 1. The largest absolute Gasteiger partial charge is 0.455 e. The van der Waals surface area contributed by atoms with Crippen LogP contribution in [0.4, 0.5) is 5.95 Å². The van der Waals surface area contributed by atoms with Crippen molar-refractivity contribution >= 4 is 30.1 Å². The molecule has 1 atom stereocenters. The van der Waals surface area contributed by atoms with Gasteiger partial charge in [0.25, 0.3) is 0 Å². The number of aliphatic hydroxyl groups is 1. The van der Waals surface area contributed by atoms with Gasteiger partial charge in [-0.05, 0) is 41.5 Å². The van der Waals surface area contributed by atoms with Crippen LogP contribution >= 0.6 is 0 Å². The Hall–Kier alpha value is -4.01. The van der Waals surface area contributed by atoms with Gasteiger partial charge in [-0.1, -0.05) is 50.2 Å². The fourth-order valence-electron chi connectivity index (χ4n) is 3.29. The van der Waals surface area contributed by atoms with Crippen LogP contribution in [0.15, 0.2) is 66.7 Å². The molecule has 1 heterocycles. The number of carbonyl (C=O) groups excluding carboxylic acids is 2. The van der Waals surface area contributed by atoms with E-state index in [0.717, 1.165) is 17.4 Å². The molecule has 34 heavy (non-hydrogen) atoms. The molecule has 0 radical (unpaired) electrons. The van der Waals surface area contributed by atoms with E-state index < -0.39 is 6.23 Å². The van der Waals surface area contributed by atoms with Crippen LogP contribution in [-0.4, -0.2) is 27.7 Å². The monoisotopic (exact) mass is 462 g/mol. The van der Waals surface area contributed by atoms with Crippen molar-refractivity contribution in [2.45, 2.75) is 26.6 Å². The molecule has 0 amide bonds. The molecule has 4 N–H and O–H groups in total. The van der Waals surface area contributed by atoms with Crippen LogP contribution in [0.3, 0.4) is 0 Å². The molecule has 0 saturated carbocycles. The number of aldehydes is 1. The molecule has 3 aromatic carbocycles. The first-order valence-corrected chi connectivity index (χ1v) is 10.8. The lowest BCUT2D eigenvalue weighted by atomic mass is 10.1. The van der Waals surface area contributed by atoms with Crippen molar-refractivity contribution in [3.05, 3.63) is 83.4 Å². The summed E-state index contributed by atoms with van der Waals surface area (Å²) in [6.07, 6.45) is -0.0592. The number of imidazole rings is 1. The van der Waals surface area contributed by atoms with E-state index in [4.69, 9.17) is 15.3 Å². The van der Waals surface area contributed by atoms with E-state index in [-0.39, 0.29) is 0 Å². The average Bonchev–Trinajstić information content (AvgIpc) is 3.20. The summed E-state index contributed by atoms with van der Waals surface area (Å²) in [6, 6.07) is 20.1. The summed E-state index contributed by atoms with van der Waals surface area (Å²) >= 11 is 0. The molecule has 178 valence electrons. The lowest BCUT2D eigenvalue weighted by Crippen LogP contribution is -2.21. The number of aliphatic hydroxyl groups excluding tert-OH is 1. The number of para-hydroxylation sites is 1. The summed E-state index contributed by atoms with van der Waals surface area (Å²) < 4.78 is 7.84. The number of ether oxygens (including phenoxy) is 1. The van der Waals surface area contributed by atoms with E-state index in [1.54, 1.807) is 22.8 Å². The van der Waals surface area contributed by atoms with E-state index in [9.17, 15) is 9.90 Å². The third-order valence-corrected chi connectivity index (χ3v) is 4.98. The summed E-state index contributed by atoms with van der Waals surface area (Å²) in [7, 11) is 1.84. The van der Waals surface area contributed by atoms with Gasteiger partial charge >= 0.3 is 0 Å². The highest BCUT2D eigenvalue weighted by Gasteiger charge is 2.13. The molecule has 0 spiro atoms. The van der Waals surface area contributed by atoms with Crippen molar-refractivity contribution in [2.24, 2.45) is 7.05 Å². The van der Waals surface area contributed by atoms with Crippen molar-refractivity contribution in [1.82, 2.24) is 14.9 Å². The first kappa shape index (κ1) is 26.2. The Labute approximate surface area is 199 Å².